The van der Waals surface area contributed by atoms with Crippen molar-refractivity contribution in [3.05, 3.63) is 65.1 Å². The molecule has 3 aromatic rings. The van der Waals surface area contributed by atoms with Gasteiger partial charge in [-0.3, -0.25) is 4.79 Å². The molecule has 0 radical (unpaired) electrons. The fourth-order valence-electron chi connectivity index (χ4n) is 4.13. The number of ether oxygens (including phenoxy) is 2. The van der Waals surface area contributed by atoms with Gasteiger partial charge in [-0.1, -0.05) is 17.7 Å². The SMILES string of the molecule is Cc1ccc(-n2ncc(C(=O)N3CCC4(CC3)OCCO4)c2-n2cccc2)cc1Cl. The van der Waals surface area contributed by atoms with E-state index in [4.69, 9.17) is 21.1 Å². The number of hydrogen-bond acceptors (Lipinski definition) is 4. The highest BCUT2D eigenvalue weighted by molar-refractivity contribution is 6.31. The van der Waals surface area contributed by atoms with E-state index in [1.54, 1.807) is 10.9 Å². The summed E-state index contributed by atoms with van der Waals surface area (Å²) < 4.78 is 15.2. The number of carbonyl (C=O) groups is 1. The lowest BCUT2D eigenvalue weighted by molar-refractivity contribution is -0.181. The van der Waals surface area contributed by atoms with Crippen LogP contribution in [0.5, 0.6) is 0 Å². The molecule has 0 atom stereocenters. The largest absolute Gasteiger partial charge is 0.347 e. The third-order valence-corrected chi connectivity index (χ3v) is 6.26. The zero-order valence-corrected chi connectivity index (χ0v) is 17.5. The first kappa shape index (κ1) is 19.4. The van der Waals surface area contributed by atoms with Crippen molar-refractivity contribution in [3.8, 4) is 11.5 Å². The second kappa shape index (κ2) is 7.58. The summed E-state index contributed by atoms with van der Waals surface area (Å²) in [5.41, 5.74) is 2.34. The Kier molecular flexibility index (Phi) is 4.89. The molecule has 1 amide bonds. The summed E-state index contributed by atoms with van der Waals surface area (Å²) in [5, 5.41) is 5.20. The van der Waals surface area contributed by atoms with Gasteiger partial charge in [0.1, 0.15) is 5.56 Å². The molecule has 5 rings (SSSR count). The molecule has 2 aliphatic heterocycles. The Morgan fingerprint density at radius 3 is 2.50 bits per heavy atom. The van der Waals surface area contributed by atoms with E-state index >= 15 is 0 Å². The van der Waals surface area contributed by atoms with Gasteiger partial charge in [0.05, 0.1) is 25.1 Å². The van der Waals surface area contributed by atoms with Crippen LogP contribution in [0, 0.1) is 6.92 Å². The standard InChI is InChI=1S/C22H23ClN4O3/c1-16-4-5-17(14-19(16)23)27-20(25-8-2-3-9-25)18(15-24-27)21(28)26-10-6-22(7-11-26)29-12-13-30-22/h2-5,8-9,14-15H,6-7,10-13H2,1H3. The van der Waals surface area contributed by atoms with Crippen LogP contribution in [0.1, 0.15) is 28.8 Å². The minimum Gasteiger partial charge on any atom is -0.347 e. The number of aryl methyl sites for hydroxylation is 1. The Morgan fingerprint density at radius 2 is 1.83 bits per heavy atom. The summed E-state index contributed by atoms with van der Waals surface area (Å²) in [5.74, 6) is 0.137. The van der Waals surface area contributed by atoms with Gasteiger partial charge in [-0.15, -0.1) is 0 Å². The van der Waals surface area contributed by atoms with Gasteiger partial charge >= 0.3 is 0 Å². The fraction of sp³-hybridized carbons (Fsp3) is 0.364. The van der Waals surface area contributed by atoms with Crippen molar-refractivity contribution in [1.82, 2.24) is 19.2 Å². The lowest BCUT2D eigenvalue weighted by atomic mass is 10.0. The molecule has 7 nitrogen and oxygen atoms in total. The number of piperidine rings is 1. The molecule has 4 heterocycles. The van der Waals surface area contributed by atoms with E-state index < -0.39 is 5.79 Å². The van der Waals surface area contributed by atoms with Crippen molar-refractivity contribution in [1.29, 1.82) is 0 Å². The molecule has 2 fully saturated rings. The smallest absolute Gasteiger partial charge is 0.259 e. The van der Waals surface area contributed by atoms with E-state index in [1.165, 1.54) is 0 Å². The molecule has 8 heteroatoms. The Hall–Kier alpha value is -2.61. The molecule has 156 valence electrons. The van der Waals surface area contributed by atoms with Gasteiger partial charge in [-0.25, -0.2) is 4.68 Å². The van der Waals surface area contributed by atoms with E-state index in [0.717, 1.165) is 11.3 Å². The average Bonchev–Trinajstić information content (AvgIpc) is 3.50. The molecule has 0 unspecified atom stereocenters. The zero-order chi connectivity index (χ0) is 20.7. The quantitative estimate of drug-likeness (QED) is 0.642. The van der Waals surface area contributed by atoms with Crippen LogP contribution >= 0.6 is 11.6 Å². The first-order chi connectivity index (χ1) is 14.6. The maximum absolute atomic E-state index is 13.4. The number of amides is 1. The van der Waals surface area contributed by atoms with Crippen molar-refractivity contribution >= 4 is 17.5 Å². The molecule has 1 aromatic carbocycles. The highest BCUT2D eigenvalue weighted by atomic mass is 35.5. The van der Waals surface area contributed by atoms with Gasteiger partial charge in [0, 0.05) is 43.3 Å². The molecular weight excluding hydrogens is 404 g/mol. The highest BCUT2D eigenvalue weighted by Gasteiger charge is 2.41. The van der Waals surface area contributed by atoms with Crippen LogP contribution in [0.25, 0.3) is 11.5 Å². The van der Waals surface area contributed by atoms with Crippen LogP contribution in [-0.4, -0.2) is 57.2 Å². The Balaban J connectivity index is 1.49. The van der Waals surface area contributed by atoms with Gasteiger partial charge < -0.3 is 18.9 Å². The third kappa shape index (κ3) is 3.33. The number of rotatable bonds is 3. The first-order valence-electron chi connectivity index (χ1n) is 10.1. The van der Waals surface area contributed by atoms with Crippen molar-refractivity contribution in [2.45, 2.75) is 25.6 Å². The third-order valence-electron chi connectivity index (χ3n) is 5.85. The Morgan fingerprint density at radius 1 is 1.13 bits per heavy atom. The monoisotopic (exact) mass is 426 g/mol. The van der Waals surface area contributed by atoms with Crippen molar-refractivity contribution < 1.29 is 14.3 Å². The second-order valence-corrected chi connectivity index (χ2v) is 8.12. The lowest BCUT2D eigenvalue weighted by Gasteiger charge is -2.37. The fourth-order valence-corrected chi connectivity index (χ4v) is 4.30. The normalized spacial score (nSPS) is 18.3. The molecule has 2 saturated heterocycles. The Bertz CT molecular complexity index is 1060. The van der Waals surface area contributed by atoms with E-state index in [9.17, 15) is 4.79 Å². The van der Waals surface area contributed by atoms with Gasteiger partial charge in [0.2, 0.25) is 0 Å². The Labute approximate surface area is 179 Å². The molecule has 0 bridgehead atoms. The predicted molar refractivity (Wildman–Crippen MR) is 112 cm³/mol. The lowest BCUT2D eigenvalue weighted by Crippen LogP contribution is -2.47. The molecule has 0 aliphatic carbocycles. The van der Waals surface area contributed by atoms with Gasteiger partial charge in [0.25, 0.3) is 5.91 Å². The summed E-state index contributed by atoms with van der Waals surface area (Å²) >= 11 is 6.34. The van der Waals surface area contributed by atoms with Gasteiger partial charge in [-0.05, 0) is 36.8 Å². The van der Waals surface area contributed by atoms with Crippen LogP contribution in [0.3, 0.4) is 0 Å². The average molecular weight is 427 g/mol. The summed E-state index contributed by atoms with van der Waals surface area (Å²) in [7, 11) is 0. The predicted octanol–water partition coefficient (Wildman–Crippen LogP) is 3.60. The molecule has 0 saturated carbocycles. The van der Waals surface area contributed by atoms with E-state index in [0.29, 0.717) is 55.5 Å². The summed E-state index contributed by atoms with van der Waals surface area (Å²) in [4.78, 5) is 15.3. The number of aromatic nitrogens is 3. The number of carbonyl (C=O) groups excluding carboxylic acids is 1. The van der Waals surface area contributed by atoms with Crippen LogP contribution in [0.2, 0.25) is 5.02 Å². The number of likely N-dealkylation sites (tertiary alicyclic amines) is 1. The van der Waals surface area contributed by atoms with E-state index in [-0.39, 0.29) is 5.91 Å². The molecule has 30 heavy (non-hydrogen) atoms. The van der Waals surface area contributed by atoms with E-state index in [2.05, 4.69) is 5.10 Å². The number of hydrogen-bond donors (Lipinski definition) is 0. The number of nitrogens with zero attached hydrogens (tertiary/aromatic N) is 4. The van der Waals surface area contributed by atoms with Crippen LogP contribution in [-0.2, 0) is 9.47 Å². The van der Waals surface area contributed by atoms with E-state index in [1.807, 2.05) is 59.1 Å². The summed E-state index contributed by atoms with van der Waals surface area (Å²) in [6, 6.07) is 9.62. The van der Waals surface area contributed by atoms with Crippen LogP contribution < -0.4 is 0 Å². The topological polar surface area (TPSA) is 61.5 Å². The van der Waals surface area contributed by atoms with Gasteiger partial charge in [0.15, 0.2) is 11.6 Å². The molecular formula is C22H23ClN4O3. The highest BCUT2D eigenvalue weighted by Crippen LogP contribution is 2.32. The minimum atomic E-state index is -0.511. The molecule has 1 spiro atoms. The number of halogens is 1. The maximum Gasteiger partial charge on any atom is 0.259 e. The molecule has 0 N–H and O–H groups in total. The van der Waals surface area contributed by atoms with Crippen LogP contribution in [0.15, 0.2) is 48.9 Å². The van der Waals surface area contributed by atoms with Crippen molar-refractivity contribution in [2.24, 2.45) is 0 Å². The van der Waals surface area contributed by atoms with Crippen molar-refractivity contribution in [2.75, 3.05) is 26.3 Å². The molecule has 2 aromatic heterocycles. The maximum atomic E-state index is 13.4. The molecule has 2 aliphatic rings. The number of benzene rings is 1. The second-order valence-electron chi connectivity index (χ2n) is 7.72. The summed E-state index contributed by atoms with van der Waals surface area (Å²) in [6.07, 6.45) is 6.81. The zero-order valence-electron chi connectivity index (χ0n) is 16.8. The van der Waals surface area contributed by atoms with Gasteiger partial charge in [-0.2, -0.15) is 5.10 Å². The summed E-state index contributed by atoms with van der Waals surface area (Å²) in [6.45, 7) is 4.38. The van der Waals surface area contributed by atoms with Crippen molar-refractivity contribution in [3.63, 3.8) is 0 Å². The minimum absolute atomic E-state index is 0.0454. The first-order valence-corrected chi connectivity index (χ1v) is 10.5. The van der Waals surface area contributed by atoms with Crippen LogP contribution in [0.4, 0.5) is 0 Å².